The van der Waals surface area contributed by atoms with E-state index in [0.29, 0.717) is 5.75 Å². The van der Waals surface area contributed by atoms with Gasteiger partial charge in [-0.3, -0.25) is 4.79 Å². The van der Waals surface area contributed by atoms with Gasteiger partial charge in [0, 0.05) is 6.07 Å². The molecule has 0 aliphatic heterocycles. The van der Waals surface area contributed by atoms with Crippen LogP contribution in [0, 0.1) is 0 Å². The highest BCUT2D eigenvalue weighted by atomic mass is 16.5. The molecule has 0 aliphatic carbocycles. The Morgan fingerprint density at radius 3 is 2.64 bits per heavy atom. The van der Waals surface area contributed by atoms with E-state index < -0.39 is 17.9 Å². The minimum absolute atomic E-state index is 0.161. The molecule has 0 radical (unpaired) electrons. The third kappa shape index (κ3) is 4.78. The summed E-state index contributed by atoms with van der Waals surface area (Å²) in [5.74, 6) is -0.954. The van der Waals surface area contributed by atoms with E-state index in [0.717, 1.165) is 0 Å². The minimum atomic E-state index is -1.19. The molecule has 0 heterocycles. The number of carboxylic acid groups (broad SMARTS) is 1. The van der Waals surface area contributed by atoms with Crippen LogP contribution in [0.5, 0.6) is 11.5 Å². The number of nitrogens with one attached hydrogen (secondary N) is 1. The molecule has 0 bridgehead atoms. The molecule has 1 aromatic rings. The minimum Gasteiger partial charge on any atom is -0.497 e. The van der Waals surface area contributed by atoms with Gasteiger partial charge in [0.15, 0.2) is 6.04 Å². The van der Waals surface area contributed by atoms with Crippen LogP contribution in [0.4, 0.5) is 0 Å². The highest BCUT2D eigenvalue weighted by Gasteiger charge is 2.22. The van der Waals surface area contributed by atoms with Gasteiger partial charge < -0.3 is 24.6 Å². The van der Waals surface area contributed by atoms with Crippen LogP contribution in [0.25, 0.3) is 0 Å². The standard InChI is InChI=1S/C15H19NO6/c1-4-7-22-9-12(15(18)19)16-14(17)11-6-5-10(20-2)8-13(11)21-3/h4-6,8,12H,1,7,9H2,2-3H3,(H,16,17)(H,18,19). The Labute approximate surface area is 128 Å². The number of carbonyl (C=O) groups excluding carboxylic acids is 1. The van der Waals surface area contributed by atoms with Crippen molar-refractivity contribution in [2.24, 2.45) is 0 Å². The maximum absolute atomic E-state index is 12.2. The number of aliphatic carboxylic acids is 1. The van der Waals surface area contributed by atoms with Crippen molar-refractivity contribution in [3.63, 3.8) is 0 Å². The number of hydrogen-bond donors (Lipinski definition) is 2. The number of rotatable bonds is 9. The van der Waals surface area contributed by atoms with E-state index >= 15 is 0 Å². The van der Waals surface area contributed by atoms with E-state index in [4.69, 9.17) is 19.3 Å². The zero-order chi connectivity index (χ0) is 16.5. The van der Waals surface area contributed by atoms with E-state index in [2.05, 4.69) is 11.9 Å². The van der Waals surface area contributed by atoms with E-state index in [-0.39, 0.29) is 24.5 Å². The Hall–Kier alpha value is -2.54. The summed E-state index contributed by atoms with van der Waals surface area (Å²) in [5.41, 5.74) is 0.207. The van der Waals surface area contributed by atoms with E-state index in [1.807, 2.05) is 0 Å². The second kappa shape index (κ2) is 8.68. The molecule has 1 aromatic carbocycles. The van der Waals surface area contributed by atoms with Gasteiger partial charge in [0.25, 0.3) is 5.91 Å². The van der Waals surface area contributed by atoms with Crippen LogP contribution in [-0.2, 0) is 9.53 Å². The first-order valence-corrected chi connectivity index (χ1v) is 6.47. The van der Waals surface area contributed by atoms with Gasteiger partial charge in [0.1, 0.15) is 11.5 Å². The second-order valence-electron chi connectivity index (χ2n) is 4.26. The van der Waals surface area contributed by atoms with Crippen molar-refractivity contribution in [3.05, 3.63) is 36.4 Å². The first-order chi connectivity index (χ1) is 10.5. The molecule has 7 nitrogen and oxygen atoms in total. The summed E-state index contributed by atoms with van der Waals surface area (Å²) in [6.45, 7) is 3.50. The van der Waals surface area contributed by atoms with E-state index in [1.54, 1.807) is 12.1 Å². The molecule has 7 heteroatoms. The lowest BCUT2D eigenvalue weighted by molar-refractivity contribution is -0.140. The van der Waals surface area contributed by atoms with Gasteiger partial charge >= 0.3 is 5.97 Å². The van der Waals surface area contributed by atoms with Crippen LogP contribution < -0.4 is 14.8 Å². The summed E-state index contributed by atoms with van der Waals surface area (Å²) in [5, 5.41) is 11.5. The fraction of sp³-hybridized carbons (Fsp3) is 0.333. The van der Waals surface area contributed by atoms with Crippen molar-refractivity contribution in [2.75, 3.05) is 27.4 Å². The molecule has 0 saturated heterocycles. The molecule has 120 valence electrons. The summed E-state index contributed by atoms with van der Waals surface area (Å²) in [6, 6.07) is 3.45. The van der Waals surface area contributed by atoms with Crippen LogP contribution >= 0.6 is 0 Å². The number of ether oxygens (including phenoxy) is 3. The third-order valence-electron chi connectivity index (χ3n) is 2.78. The van der Waals surface area contributed by atoms with Crippen molar-refractivity contribution in [3.8, 4) is 11.5 Å². The normalized spacial score (nSPS) is 11.4. The fourth-order valence-electron chi connectivity index (χ4n) is 1.67. The van der Waals surface area contributed by atoms with Crippen molar-refractivity contribution in [2.45, 2.75) is 6.04 Å². The largest absolute Gasteiger partial charge is 0.497 e. The maximum Gasteiger partial charge on any atom is 0.328 e. The van der Waals surface area contributed by atoms with Gasteiger partial charge in [-0.2, -0.15) is 0 Å². The number of carbonyl (C=O) groups is 2. The fourth-order valence-corrected chi connectivity index (χ4v) is 1.67. The summed E-state index contributed by atoms with van der Waals surface area (Å²) in [4.78, 5) is 23.3. The highest BCUT2D eigenvalue weighted by molar-refractivity contribution is 5.99. The lowest BCUT2D eigenvalue weighted by atomic mass is 10.1. The SMILES string of the molecule is C=CCOCC(NC(=O)c1ccc(OC)cc1OC)C(=O)O. The van der Waals surface area contributed by atoms with Gasteiger partial charge in [-0.1, -0.05) is 6.08 Å². The molecule has 2 N–H and O–H groups in total. The zero-order valence-corrected chi connectivity index (χ0v) is 12.5. The van der Waals surface area contributed by atoms with Gasteiger partial charge in [-0.25, -0.2) is 4.79 Å². The highest BCUT2D eigenvalue weighted by Crippen LogP contribution is 2.24. The quantitative estimate of drug-likeness (QED) is 0.524. The molecule has 0 aliphatic rings. The smallest absolute Gasteiger partial charge is 0.328 e. The number of carboxylic acids is 1. The monoisotopic (exact) mass is 309 g/mol. The Bertz CT molecular complexity index is 543. The summed E-state index contributed by atoms with van der Waals surface area (Å²) < 4.78 is 15.2. The molecule has 22 heavy (non-hydrogen) atoms. The number of methoxy groups -OCH3 is 2. The average Bonchev–Trinajstić information content (AvgIpc) is 2.52. The first-order valence-electron chi connectivity index (χ1n) is 6.47. The topological polar surface area (TPSA) is 94.1 Å². The van der Waals surface area contributed by atoms with Crippen LogP contribution in [0.3, 0.4) is 0 Å². The lowest BCUT2D eigenvalue weighted by Crippen LogP contribution is -2.44. The Kier molecular flexibility index (Phi) is 6.91. The Morgan fingerprint density at radius 1 is 1.36 bits per heavy atom. The van der Waals surface area contributed by atoms with Gasteiger partial charge in [0.2, 0.25) is 0 Å². The number of hydrogen-bond acceptors (Lipinski definition) is 5. The van der Waals surface area contributed by atoms with E-state index in [1.165, 1.54) is 26.4 Å². The lowest BCUT2D eigenvalue weighted by Gasteiger charge is -2.16. The van der Waals surface area contributed by atoms with E-state index in [9.17, 15) is 9.59 Å². The average molecular weight is 309 g/mol. The number of amides is 1. The molecule has 1 atom stereocenters. The van der Waals surface area contributed by atoms with Crippen molar-refractivity contribution in [1.82, 2.24) is 5.32 Å². The molecular weight excluding hydrogens is 290 g/mol. The molecule has 0 fully saturated rings. The molecule has 0 aromatic heterocycles. The van der Waals surface area contributed by atoms with Crippen LogP contribution in [-0.4, -0.2) is 50.5 Å². The van der Waals surface area contributed by atoms with Crippen molar-refractivity contribution in [1.29, 1.82) is 0 Å². The van der Waals surface area contributed by atoms with Gasteiger partial charge in [-0.05, 0) is 12.1 Å². The molecular formula is C15H19NO6. The van der Waals surface area contributed by atoms with Crippen LogP contribution in [0.2, 0.25) is 0 Å². The molecule has 0 spiro atoms. The first kappa shape index (κ1) is 17.5. The maximum atomic E-state index is 12.2. The molecule has 1 unspecified atom stereocenters. The zero-order valence-electron chi connectivity index (χ0n) is 12.5. The summed E-state index contributed by atoms with van der Waals surface area (Å²) in [6.07, 6.45) is 1.49. The second-order valence-corrected chi connectivity index (χ2v) is 4.26. The van der Waals surface area contributed by atoms with Crippen molar-refractivity contribution < 1.29 is 28.9 Å². The predicted molar refractivity (Wildman–Crippen MR) is 79.5 cm³/mol. The third-order valence-corrected chi connectivity index (χ3v) is 2.78. The van der Waals surface area contributed by atoms with Crippen LogP contribution in [0.15, 0.2) is 30.9 Å². The molecule has 1 amide bonds. The van der Waals surface area contributed by atoms with Crippen LogP contribution in [0.1, 0.15) is 10.4 Å². The molecule has 1 rings (SSSR count). The summed E-state index contributed by atoms with van der Waals surface area (Å²) >= 11 is 0. The Balaban J connectivity index is 2.85. The van der Waals surface area contributed by atoms with Gasteiger partial charge in [0.05, 0.1) is 33.0 Å². The Morgan fingerprint density at radius 2 is 2.09 bits per heavy atom. The predicted octanol–water partition coefficient (Wildman–Crippen LogP) is 1.09. The van der Waals surface area contributed by atoms with Gasteiger partial charge in [-0.15, -0.1) is 6.58 Å². The molecule has 0 saturated carbocycles. The number of benzene rings is 1. The summed E-state index contributed by atoms with van der Waals surface area (Å²) in [7, 11) is 2.90. The van der Waals surface area contributed by atoms with Crippen molar-refractivity contribution >= 4 is 11.9 Å².